The molecule has 6 nitrogen and oxygen atoms in total. The third kappa shape index (κ3) is 4.20. The van der Waals surface area contributed by atoms with Crippen LogP contribution in [-0.4, -0.2) is 53.8 Å². The van der Waals surface area contributed by atoms with E-state index in [-0.39, 0.29) is 17.9 Å². The van der Waals surface area contributed by atoms with Crippen LogP contribution in [-0.2, 0) is 4.79 Å². The molecule has 8 heteroatoms. The highest BCUT2D eigenvalue weighted by molar-refractivity contribution is 6.36. The summed E-state index contributed by atoms with van der Waals surface area (Å²) in [4.78, 5) is 28.6. The number of hydrogen-bond acceptors (Lipinski definition) is 4. The van der Waals surface area contributed by atoms with Crippen LogP contribution in [0.1, 0.15) is 17.5 Å². The Morgan fingerprint density at radius 2 is 1.88 bits per heavy atom. The number of benzene rings is 1. The second-order valence-corrected chi connectivity index (χ2v) is 6.94. The first-order chi connectivity index (χ1) is 12.5. The van der Waals surface area contributed by atoms with E-state index in [0.29, 0.717) is 47.7 Å². The third-order valence-electron chi connectivity index (χ3n) is 4.45. The molecule has 1 N–H and O–H groups in total. The van der Waals surface area contributed by atoms with E-state index in [1.807, 2.05) is 11.8 Å². The molecule has 1 saturated heterocycles. The Morgan fingerprint density at radius 1 is 1.15 bits per heavy atom. The van der Waals surface area contributed by atoms with Gasteiger partial charge in [-0.3, -0.25) is 14.5 Å². The minimum Gasteiger partial charge on any atom is -0.459 e. The van der Waals surface area contributed by atoms with Gasteiger partial charge in [-0.1, -0.05) is 23.2 Å². The molecule has 0 saturated carbocycles. The highest BCUT2D eigenvalue weighted by atomic mass is 35.5. The summed E-state index contributed by atoms with van der Waals surface area (Å²) in [5.41, 5.74) is 0.527. The number of nitrogens with zero attached hydrogens (tertiary/aromatic N) is 2. The van der Waals surface area contributed by atoms with Crippen LogP contribution in [0.5, 0.6) is 0 Å². The Morgan fingerprint density at radius 3 is 2.50 bits per heavy atom. The van der Waals surface area contributed by atoms with Crippen LogP contribution in [0.2, 0.25) is 10.0 Å². The van der Waals surface area contributed by atoms with Crippen LogP contribution in [0.15, 0.2) is 41.0 Å². The fraction of sp³-hybridized carbons (Fsp3) is 0.333. The monoisotopic (exact) mass is 395 g/mol. The van der Waals surface area contributed by atoms with E-state index in [0.717, 1.165) is 0 Å². The smallest absolute Gasteiger partial charge is 0.289 e. The summed E-state index contributed by atoms with van der Waals surface area (Å²) in [6.45, 7) is 4.13. The van der Waals surface area contributed by atoms with Gasteiger partial charge in [0.2, 0.25) is 5.91 Å². The van der Waals surface area contributed by atoms with Crippen molar-refractivity contribution in [3.63, 3.8) is 0 Å². The number of carbonyl (C=O) groups excluding carboxylic acids is 2. The molecule has 0 spiro atoms. The van der Waals surface area contributed by atoms with E-state index < -0.39 is 0 Å². The number of anilines is 1. The van der Waals surface area contributed by atoms with E-state index in [2.05, 4.69) is 5.32 Å². The van der Waals surface area contributed by atoms with Gasteiger partial charge in [0.15, 0.2) is 5.76 Å². The molecule has 0 radical (unpaired) electrons. The van der Waals surface area contributed by atoms with Crippen molar-refractivity contribution < 1.29 is 14.0 Å². The summed E-state index contributed by atoms with van der Waals surface area (Å²) in [6, 6.07) is 7.94. The van der Waals surface area contributed by atoms with Crippen LogP contribution in [0, 0.1) is 0 Å². The van der Waals surface area contributed by atoms with Gasteiger partial charge in [-0.15, -0.1) is 0 Å². The average Bonchev–Trinajstić information content (AvgIpc) is 3.17. The normalized spacial score (nSPS) is 16.3. The van der Waals surface area contributed by atoms with Crippen LogP contribution in [0.4, 0.5) is 5.69 Å². The highest BCUT2D eigenvalue weighted by Crippen LogP contribution is 2.25. The van der Waals surface area contributed by atoms with E-state index >= 15 is 0 Å². The number of carbonyl (C=O) groups is 2. The number of piperazine rings is 1. The fourth-order valence-corrected chi connectivity index (χ4v) is 3.32. The maximum atomic E-state index is 12.5. The number of hydrogen-bond donors (Lipinski definition) is 1. The Balaban J connectivity index is 1.55. The van der Waals surface area contributed by atoms with E-state index in [4.69, 9.17) is 27.6 Å². The zero-order chi connectivity index (χ0) is 18.7. The van der Waals surface area contributed by atoms with Gasteiger partial charge in [-0.2, -0.15) is 0 Å². The minimum atomic E-state index is -0.345. The van der Waals surface area contributed by atoms with Gasteiger partial charge < -0.3 is 14.6 Å². The van der Waals surface area contributed by atoms with Gasteiger partial charge in [0, 0.05) is 31.2 Å². The van der Waals surface area contributed by atoms with Crippen molar-refractivity contribution in [2.24, 2.45) is 0 Å². The Kier molecular flexibility index (Phi) is 5.86. The summed E-state index contributed by atoms with van der Waals surface area (Å²) >= 11 is 12.0. The first kappa shape index (κ1) is 18.8. The lowest BCUT2D eigenvalue weighted by Crippen LogP contribution is -2.54. The molecule has 1 atom stereocenters. The highest BCUT2D eigenvalue weighted by Gasteiger charge is 2.28. The van der Waals surface area contributed by atoms with Crippen molar-refractivity contribution in [2.75, 3.05) is 31.5 Å². The molecule has 1 aliphatic heterocycles. The Labute approximate surface area is 161 Å². The standard InChI is InChI=1S/C18H19Cl2N3O3/c1-12(17(24)21-15-5-4-13(19)11-14(15)20)22-6-8-23(9-7-22)18(25)16-3-2-10-26-16/h2-5,10-12H,6-9H2,1H3,(H,21,24)/t12-/m0/s1. The SMILES string of the molecule is C[C@@H](C(=O)Nc1ccc(Cl)cc1Cl)N1CCN(C(=O)c2ccco2)CC1. The molecule has 3 rings (SSSR count). The summed E-state index contributed by atoms with van der Waals surface area (Å²) in [5, 5.41) is 3.73. The first-order valence-electron chi connectivity index (χ1n) is 8.28. The van der Waals surface area contributed by atoms with Crippen LogP contribution >= 0.6 is 23.2 Å². The molecular weight excluding hydrogens is 377 g/mol. The molecule has 138 valence electrons. The zero-order valence-electron chi connectivity index (χ0n) is 14.2. The molecule has 1 aromatic carbocycles. The molecule has 0 unspecified atom stereocenters. The maximum absolute atomic E-state index is 12.5. The molecule has 0 aliphatic carbocycles. The van der Waals surface area contributed by atoms with Crippen molar-refractivity contribution >= 4 is 40.7 Å². The Bertz CT molecular complexity index is 787. The molecule has 26 heavy (non-hydrogen) atoms. The molecule has 2 heterocycles. The van der Waals surface area contributed by atoms with Gasteiger partial charge in [-0.05, 0) is 37.3 Å². The number of amides is 2. The topological polar surface area (TPSA) is 65.8 Å². The van der Waals surface area contributed by atoms with Crippen molar-refractivity contribution in [1.82, 2.24) is 9.80 Å². The molecular formula is C18H19Cl2N3O3. The van der Waals surface area contributed by atoms with Crippen LogP contribution in [0.3, 0.4) is 0 Å². The molecule has 1 aliphatic rings. The van der Waals surface area contributed by atoms with Crippen molar-refractivity contribution in [3.05, 3.63) is 52.4 Å². The van der Waals surface area contributed by atoms with E-state index in [1.165, 1.54) is 6.26 Å². The minimum absolute atomic E-state index is 0.125. The van der Waals surface area contributed by atoms with E-state index in [1.54, 1.807) is 35.2 Å². The maximum Gasteiger partial charge on any atom is 0.289 e. The third-order valence-corrected chi connectivity index (χ3v) is 5.00. The number of nitrogens with one attached hydrogen (secondary N) is 1. The molecule has 0 bridgehead atoms. The number of halogens is 2. The van der Waals surface area contributed by atoms with Crippen molar-refractivity contribution in [2.45, 2.75) is 13.0 Å². The van der Waals surface area contributed by atoms with Crippen molar-refractivity contribution in [3.8, 4) is 0 Å². The zero-order valence-corrected chi connectivity index (χ0v) is 15.8. The van der Waals surface area contributed by atoms with Gasteiger partial charge >= 0.3 is 0 Å². The molecule has 2 aromatic rings. The fourth-order valence-electron chi connectivity index (χ4n) is 2.86. The molecule has 1 aromatic heterocycles. The summed E-state index contributed by atoms with van der Waals surface area (Å²) in [7, 11) is 0. The lowest BCUT2D eigenvalue weighted by atomic mass is 10.2. The lowest BCUT2D eigenvalue weighted by molar-refractivity contribution is -0.121. The van der Waals surface area contributed by atoms with Crippen molar-refractivity contribution in [1.29, 1.82) is 0 Å². The first-order valence-corrected chi connectivity index (χ1v) is 9.04. The predicted octanol–water partition coefficient (Wildman–Crippen LogP) is 3.37. The number of rotatable bonds is 4. The van der Waals surface area contributed by atoms with Gasteiger partial charge in [0.05, 0.1) is 23.0 Å². The van der Waals surface area contributed by atoms with E-state index in [9.17, 15) is 9.59 Å². The van der Waals surface area contributed by atoms with Gasteiger partial charge in [0.1, 0.15) is 0 Å². The Hall–Kier alpha value is -2.02. The average molecular weight is 396 g/mol. The van der Waals surface area contributed by atoms with Gasteiger partial charge in [0.25, 0.3) is 5.91 Å². The number of furan rings is 1. The molecule has 2 amide bonds. The quantitative estimate of drug-likeness (QED) is 0.861. The molecule has 1 fully saturated rings. The predicted molar refractivity (Wildman–Crippen MR) is 101 cm³/mol. The van der Waals surface area contributed by atoms with Crippen LogP contribution in [0.25, 0.3) is 0 Å². The lowest BCUT2D eigenvalue weighted by Gasteiger charge is -2.37. The van der Waals surface area contributed by atoms with Gasteiger partial charge in [-0.25, -0.2) is 0 Å². The second kappa shape index (κ2) is 8.12. The summed E-state index contributed by atoms with van der Waals surface area (Å²) in [5.74, 6) is 0.0568. The second-order valence-electron chi connectivity index (χ2n) is 6.09. The summed E-state index contributed by atoms with van der Waals surface area (Å²) < 4.78 is 5.16. The largest absolute Gasteiger partial charge is 0.459 e. The summed E-state index contributed by atoms with van der Waals surface area (Å²) in [6.07, 6.45) is 1.48. The van der Waals surface area contributed by atoms with Crippen LogP contribution < -0.4 is 5.32 Å².